The Balaban J connectivity index is 2.92. The van der Waals surface area contributed by atoms with E-state index in [-0.39, 0.29) is 10.6 Å². The molecule has 0 saturated carbocycles. The minimum Gasteiger partial charge on any atom is -0.493 e. The van der Waals surface area contributed by atoms with Crippen molar-refractivity contribution in [3.63, 3.8) is 0 Å². The van der Waals surface area contributed by atoms with Crippen LogP contribution >= 0.6 is 0 Å². The molecule has 0 radical (unpaired) electrons. The van der Waals surface area contributed by atoms with E-state index < -0.39 is 23.1 Å². The molecule has 1 aromatic rings. The lowest BCUT2D eigenvalue weighted by Crippen LogP contribution is -2.37. The standard InChI is InChI=1S/C10H10F3NO4S/c1-17-7-4-3-6(5-8(7)18-2)19(16)14-9(15)10(11,12)13/h3-5H,1-2H3,(H,14,15). The molecular formula is C10H10F3NO4S. The average Bonchev–Trinajstić information content (AvgIpc) is 2.36. The molecule has 1 rings (SSSR count). The van der Waals surface area contributed by atoms with Gasteiger partial charge in [-0.2, -0.15) is 13.2 Å². The minimum atomic E-state index is -5.09. The van der Waals surface area contributed by atoms with Gasteiger partial charge in [0.15, 0.2) is 22.5 Å². The molecule has 0 bridgehead atoms. The van der Waals surface area contributed by atoms with Crippen LogP contribution in [0.15, 0.2) is 23.1 Å². The fraction of sp³-hybridized carbons (Fsp3) is 0.300. The SMILES string of the molecule is COc1ccc(S(=O)NC(=O)C(F)(F)F)cc1OC. The summed E-state index contributed by atoms with van der Waals surface area (Å²) in [4.78, 5) is 10.6. The fourth-order valence-electron chi connectivity index (χ4n) is 1.13. The molecule has 1 amide bonds. The Morgan fingerprint density at radius 3 is 2.26 bits per heavy atom. The molecular weight excluding hydrogens is 287 g/mol. The number of halogens is 3. The van der Waals surface area contributed by atoms with Crippen molar-refractivity contribution in [1.29, 1.82) is 0 Å². The van der Waals surface area contributed by atoms with Gasteiger partial charge in [-0.3, -0.25) is 9.52 Å². The number of benzene rings is 1. The second-order valence-corrected chi connectivity index (χ2v) is 4.43. The molecule has 0 fully saturated rings. The molecule has 0 heterocycles. The highest BCUT2D eigenvalue weighted by molar-refractivity contribution is 7.83. The van der Waals surface area contributed by atoms with Crippen LogP contribution in [0.4, 0.5) is 13.2 Å². The van der Waals surface area contributed by atoms with E-state index in [0.717, 1.165) is 0 Å². The molecule has 1 N–H and O–H groups in total. The van der Waals surface area contributed by atoms with Crippen molar-refractivity contribution in [3.8, 4) is 11.5 Å². The summed E-state index contributed by atoms with van der Waals surface area (Å²) in [6.45, 7) is 0. The molecule has 1 aromatic carbocycles. The monoisotopic (exact) mass is 297 g/mol. The Morgan fingerprint density at radius 2 is 1.79 bits per heavy atom. The topological polar surface area (TPSA) is 64.6 Å². The van der Waals surface area contributed by atoms with Crippen LogP contribution in [0.25, 0.3) is 0 Å². The predicted molar refractivity (Wildman–Crippen MR) is 60.2 cm³/mol. The molecule has 9 heteroatoms. The van der Waals surface area contributed by atoms with Gasteiger partial charge in [-0.05, 0) is 12.1 Å². The number of amides is 1. The summed E-state index contributed by atoms with van der Waals surface area (Å²) in [5.41, 5.74) is 0. The summed E-state index contributed by atoms with van der Waals surface area (Å²) in [7, 11) is 0.356. The van der Waals surface area contributed by atoms with Crippen molar-refractivity contribution in [3.05, 3.63) is 18.2 Å². The second-order valence-electron chi connectivity index (χ2n) is 3.21. The number of hydrogen-bond donors (Lipinski definition) is 1. The van der Waals surface area contributed by atoms with E-state index in [0.29, 0.717) is 5.75 Å². The molecule has 19 heavy (non-hydrogen) atoms. The number of hydrogen-bond acceptors (Lipinski definition) is 4. The van der Waals surface area contributed by atoms with Crippen LogP contribution in [-0.2, 0) is 15.8 Å². The van der Waals surface area contributed by atoms with Gasteiger partial charge in [0.1, 0.15) is 0 Å². The summed E-state index contributed by atoms with van der Waals surface area (Å²) >= 11 is 0. The van der Waals surface area contributed by atoms with Crippen molar-refractivity contribution in [1.82, 2.24) is 4.72 Å². The number of nitrogens with one attached hydrogen (secondary N) is 1. The Labute approximate surface area is 109 Å². The van der Waals surface area contributed by atoms with E-state index in [4.69, 9.17) is 9.47 Å². The molecule has 106 valence electrons. The Hall–Kier alpha value is -1.77. The van der Waals surface area contributed by atoms with Gasteiger partial charge < -0.3 is 9.47 Å². The zero-order chi connectivity index (χ0) is 14.6. The van der Waals surface area contributed by atoms with Gasteiger partial charge in [0.2, 0.25) is 0 Å². The van der Waals surface area contributed by atoms with Crippen molar-refractivity contribution in [2.75, 3.05) is 14.2 Å². The normalized spacial score (nSPS) is 12.7. The summed E-state index contributed by atoms with van der Waals surface area (Å²) < 4.78 is 58.7. The maximum absolute atomic E-state index is 12.0. The number of methoxy groups -OCH3 is 2. The van der Waals surface area contributed by atoms with Crippen LogP contribution in [0.3, 0.4) is 0 Å². The lowest BCUT2D eigenvalue weighted by atomic mass is 10.3. The minimum absolute atomic E-state index is 0.0461. The third kappa shape index (κ3) is 3.85. The second kappa shape index (κ2) is 5.91. The highest BCUT2D eigenvalue weighted by Gasteiger charge is 2.39. The molecule has 0 saturated heterocycles. The molecule has 0 aliphatic carbocycles. The third-order valence-electron chi connectivity index (χ3n) is 2.01. The van der Waals surface area contributed by atoms with Crippen molar-refractivity contribution in [2.24, 2.45) is 0 Å². The van der Waals surface area contributed by atoms with Crippen molar-refractivity contribution >= 4 is 16.9 Å². The molecule has 5 nitrogen and oxygen atoms in total. The largest absolute Gasteiger partial charge is 0.493 e. The summed E-state index contributed by atoms with van der Waals surface area (Å²) in [5, 5.41) is 0. The van der Waals surface area contributed by atoms with Crippen LogP contribution in [0.2, 0.25) is 0 Å². The van der Waals surface area contributed by atoms with Gasteiger partial charge in [-0.25, -0.2) is 4.21 Å². The van der Waals surface area contributed by atoms with Gasteiger partial charge in [0.25, 0.3) is 0 Å². The first kappa shape index (κ1) is 15.3. The highest BCUT2D eigenvalue weighted by Crippen LogP contribution is 2.28. The van der Waals surface area contributed by atoms with Gasteiger partial charge in [-0.15, -0.1) is 0 Å². The number of rotatable bonds is 4. The lowest BCUT2D eigenvalue weighted by Gasteiger charge is -2.10. The van der Waals surface area contributed by atoms with Crippen LogP contribution in [0.5, 0.6) is 11.5 Å². The quantitative estimate of drug-likeness (QED) is 0.912. The molecule has 1 unspecified atom stereocenters. The van der Waals surface area contributed by atoms with E-state index in [1.54, 1.807) is 0 Å². The van der Waals surface area contributed by atoms with E-state index >= 15 is 0 Å². The van der Waals surface area contributed by atoms with Crippen molar-refractivity contribution < 1.29 is 31.6 Å². The van der Waals surface area contributed by atoms with Gasteiger partial charge in [-0.1, -0.05) is 0 Å². The first-order chi connectivity index (χ1) is 8.79. The number of ether oxygens (including phenoxy) is 2. The van der Waals surface area contributed by atoms with E-state index in [1.807, 2.05) is 0 Å². The van der Waals surface area contributed by atoms with E-state index in [2.05, 4.69) is 0 Å². The van der Waals surface area contributed by atoms with E-state index in [1.165, 1.54) is 37.1 Å². The van der Waals surface area contributed by atoms with Crippen LogP contribution in [-0.4, -0.2) is 30.5 Å². The lowest BCUT2D eigenvalue weighted by molar-refractivity contribution is -0.171. The van der Waals surface area contributed by atoms with Gasteiger partial charge >= 0.3 is 12.1 Å². The molecule has 0 aromatic heterocycles. The third-order valence-corrected chi connectivity index (χ3v) is 3.06. The number of alkyl halides is 3. The number of carbonyl (C=O) groups is 1. The molecule has 0 aliphatic rings. The fourth-order valence-corrected chi connectivity index (χ4v) is 1.94. The summed E-state index contributed by atoms with van der Waals surface area (Å²) in [5.74, 6) is -1.76. The smallest absolute Gasteiger partial charge is 0.472 e. The van der Waals surface area contributed by atoms with Gasteiger partial charge in [0, 0.05) is 6.07 Å². The first-order valence-corrected chi connectivity index (χ1v) is 5.96. The molecule has 0 aliphatic heterocycles. The van der Waals surface area contributed by atoms with Crippen molar-refractivity contribution in [2.45, 2.75) is 11.1 Å². The summed E-state index contributed by atoms with van der Waals surface area (Å²) in [6, 6.07) is 3.84. The zero-order valence-electron chi connectivity index (χ0n) is 9.91. The first-order valence-electron chi connectivity index (χ1n) is 4.81. The zero-order valence-corrected chi connectivity index (χ0v) is 10.7. The van der Waals surface area contributed by atoms with Crippen LogP contribution in [0, 0.1) is 0 Å². The van der Waals surface area contributed by atoms with Crippen LogP contribution < -0.4 is 14.2 Å². The van der Waals surface area contributed by atoms with Gasteiger partial charge in [0.05, 0.1) is 19.1 Å². The average molecular weight is 297 g/mol. The molecule has 1 atom stereocenters. The van der Waals surface area contributed by atoms with Crippen LogP contribution in [0.1, 0.15) is 0 Å². The Morgan fingerprint density at radius 1 is 1.21 bits per heavy atom. The maximum Gasteiger partial charge on any atom is 0.472 e. The molecule has 0 spiro atoms. The maximum atomic E-state index is 12.0. The summed E-state index contributed by atoms with van der Waals surface area (Å²) in [6.07, 6.45) is -5.09. The number of carbonyl (C=O) groups excluding carboxylic acids is 1. The highest BCUT2D eigenvalue weighted by atomic mass is 32.2. The Bertz CT molecular complexity index is 504. The predicted octanol–water partition coefficient (Wildman–Crippen LogP) is 1.40. The Kier molecular flexibility index (Phi) is 4.76. The van der Waals surface area contributed by atoms with E-state index in [9.17, 15) is 22.2 Å².